The second-order valence-electron chi connectivity index (χ2n) is 2.80. The molecule has 0 unspecified atom stereocenters. The molecule has 0 aromatic rings. The average molecular weight is 381 g/mol. The Kier molecular flexibility index (Phi) is 22.5. The van der Waals surface area contributed by atoms with Gasteiger partial charge in [0.25, 0.3) is 0 Å². The SMILES string of the molecule is F[Si-2](F)(F)(F)(F)F.NCCN.NCCN.NCCN.[Ni+2]. The molecule has 0 saturated carbocycles. The van der Waals surface area contributed by atoms with Gasteiger partial charge in [0, 0.05) is 39.3 Å². The first-order valence-corrected chi connectivity index (χ1v) is 7.35. The molecule has 134 valence electrons. The minimum Gasteiger partial charge on any atom is -0.329 e. The Morgan fingerprint density at radius 2 is 0.500 bits per heavy atom. The molecule has 12 N–H and O–H groups in total. The molecule has 6 nitrogen and oxygen atoms in total. The predicted molar refractivity (Wildman–Crippen MR) is 66.7 cm³/mol. The Balaban J connectivity index is -0.0000000512. The second-order valence-corrected chi connectivity index (χ2v) is 4.95. The van der Waals surface area contributed by atoms with E-state index in [0.29, 0.717) is 39.3 Å². The topological polar surface area (TPSA) is 156 Å². The van der Waals surface area contributed by atoms with E-state index in [4.69, 9.17) is 34.4 Å². The fourth-order valence-corrected chi connectivity index (χ4v) is 0. The van der Waals surface area contributed by atoms with Crippen molar-refractivity contribution >= 4 is 8.63 Å². The molecule has 0 heterocycles. The van der Waals surface area contributed by atoms with E-state index in [0.717, 1.165) is 0 Å². The Morgan fingerprint density at radius 3 is 0.500 bits per heavy atom. The average Bonchev–Trinajstić information content (AvgIpc) is 2.25. The van der Waals surface area contributed by atoms with Crippen molar-refractivity contribution in [2.24, 2.45) is 34.4 Å². The molecule has 0 bridgehead atoms. The zero-order valence-electron chi connectivity index (χ0n) is 10.8. The van der Waals surface area contributed by atoms with Gasteiger partial charge in [-0.3, -0.25) is 0 Å². The van der Waals surface area contributed by atoms with E-state index in [9.17, 15) is 24.6 Å². The summed E-state index contributed by atoms with van der Waals surface area (Å²) < 4.78 is 59.3. The monoisotopic (exact) mass is 380 g/mol. The Hall–Kier alpha value is 0.0504. The van der Waals surface area contributed by atoms with Crippen LogP contribution in [0.4, 0.5) is 24.6 Å². The van der Waals surface area contributed by atoms with Crippen LogP contribution in [0.25, 0.3) is 0 Å². The van der Waals surface area contributed by atoms with Crippen LogP contribution in [0, 0.1) is 0 Å². The van der Waals surface area contributed by atoms with Crippen LogP contribution < -0.4 is 34.4 Å². The van der Waals surface area contributed by atoms with E-state index >= 15 is 0 Å². The minimum atomic E-state index is -10.8. The quantitative estimate of drug-likeness (QED) is 0.206. The number of nitrogens with two attached hydrogens (primary N) is 6. The fourth-order valence-electron chi connectivity index (χ4n) is 0. The smallest absolute Gasteiger partial charge is 0.329 e. The van der Waals surface area contributed by atoms with Crippen LogP contribution in [0.15, 0.2) is 0 Å². The van der Waals surface area contributed by atoms with Gasteiger partial charge in [-0.05, 0) is 0 Å². The Labute approximate surface area is 124 Å². The van der Waals surface area contributed by atoms with Gasteiger partial charge >= 0.3 is 49.8 Å². The number of hydrogen-bond donors (Lipinski definition) is 6. The second kappa shape index (κ2) is 14.0. The molecule has 0 aliphatic rings. The molecule has 0 aliphatic carbocycles. The number of halogens is 6. The molecule has 20 heavy (non-hydrogen) atoms. The predicted octanol–water partition coefficient (Wildman–Crippen LogP) is -1.15. The molecule has 14 heteroatoms. The number of hydrogen-bond acceptors (Lipinski definition) is 6. The van der Waals surface area contributed by atoms with Crippen molar-refractivity contribution in [3.8, 4) is 0 Å². The molecule has 0 spiro atoms. The number of rotatable bonds is 3. The molecule has 0 aliphatic heterocycles. The third kappa shape index (κ3) is 564. The summed E-state index contributed by atoms with van der Waals surface area (Å²) in [4.78, 5) is 0. The van der Waals surface area contributed by atoms with Gasteiger partial charge in [-0.1, -0.05) is 0 Å². The van der Waals surface area contributed by atoms with Crippen LogP contribution in [0.1, 0.15) is 0 Å². The summed E-state index contributed by atoms with van der Waals surface area (Å²) in [6.45, 7) is 3.58. The molecular weight excluding hydrogens is 357 g/mol. The summed E-state index contributed by atoms with van der Waals surface area (Å²) >= 11 is 0. The summed E-state index contributed by atoms with van der Waals surface area (Å²) in [5.41, 5.74) is 29.4. The van der Waals surface area contributed by atoms with E-state index in [1.165, 1.54) is 0 Å². The van der Waals surface area contributed by atoms with Crippen molar-refractivity contribution in [3.05, 3.63) is 0 Å². The van der Waals surface area contributed by atoms with Gasteiger partial charge < -0.3 is 34.4 Å². The van der Waals surface area contributed by atoms with Gasteiger partial charge in [-0.25, -0.2) is 0 Å². The molecule has 0 rings (SSSR count). The fraction of sp³-hybridized carbons (Fsp3) is 1.00. The minimum absolute atomic E-state index is 0. The zero-order chi connectivity index (χ0) is 16.7. The van der Waals surface area contributed by atoms with Crippen LogP contribution in [0.3, 0.4) is 0 Å². The maximum atomic E-state index is 9.88. The first kappa shape index (κ1) is 32.1. The molecule has 0 aromatic carbocycles. The van der Waals surface area contributed by atoms with E-state index < -0.39 is 8.63 Å². The van der Waals surface area contributed by atoms with Crippen LogP contribution in [0.5, 0.6) is 0 Å². The summed E-state index contributed by atoms with van der Waals surface area (Å²) in [6, 6.07) is 0. The molecular formula is C6H24F6N6NiSi. The van der Waals surface area contributed by atoms with Crippen molar-refractivity contribution in [1.29, 1.82) is 0 Å². The third-order valence-electron chi connectivity index (χ3n) is 0.500. The first-order chi connectivity index (χ1) is 8.19. The molecule has 0 saturated heterocycles. The van der Waals surface area contributed by atoms with E-state index in [1.54, 1.807) is 0 Å². The van der Waals surface area contributed by atoms with Crippen molar-refractivity contribution in [2.75, 3.05) is 39.3 Å². The van der Waals surface area contributed by atoms with Crippen LogP contribution in [0.2, 0.25) is 0 Å². The van der Waals surface area contributed by atoms with Gasteiger partial charge in [-0.2, -0.15) is 0 Å². The summed E-state index contributed by atoms with van der Waals surface area (Å²) in [5.74, 6) is 0. The van der Waals surface area contributed by atoms with Gasteiger partial charge in [0.05, 0.1) is 0 Å². The Bertz CT molecular complexity index is 150. The summed E-state index contributed by atoms with van der Waals surface area (Å²) in [5, 5.41) is 0. The van der Waals surface area contributed by atoms with Crippen molar-refractivity contribution in [3.63, 3.8) is 0 Å². The van der Waals surface area contributed by atoms with Crippen molar-refractivity contribution in [1.82, 2.24) is 0 Å². The van der Waals surface area contributed by atoms with E-state index in [2.05, 4.69) is 0 Å². The van der Waals surface area contributed by atoms with Gasteiger partial charge in [0.2, 0.25) is 0 Å². The van der Waals surface area contributed by atoms with Gasteiger partial charge in [0.1, 0.15) is 0 Å². The molecule has 0 radical (unpaired) electrons. The largest absolute Gasteiger partial charge is 2.00 e. The van der Waals surface area contributed by atoms with Crippen LogP contribution in [-0.2, 0) is 16.5 Å². The maximum absolute atomic E-state index is 10.8. The van der Waals surface area contributed by atoms with Crippen molar-refractivity contribution in [2.45, 2.75) is 0 Å². The maximum Gasteiger partial charge on any atom is 2.00 e. The summed E-state index contributed by atoms with van der Waals surface area (Å²) in [6.07, 6.45) is 0. The standard InChI is InChI=1S/3C2H8N2.F6Si.Ni/c3*3-1-2-4;1-7(2,3,4,5)6;/h3*1-4H2;;/q;;;-2;+2. The Morgan fingerprint density at radius 1 is 0.450 bits per heavy atom. The first-order valence-electron chi connectivity index (χ1n) is 5.08. The van der Waals surface area contributed by atoms with E-state index in [-0.39, 0.29) is 16.5 Å². The molecule has 0 atom stereocenters. The normalized spacial score (nSPS) is 12.6. The van der Waals surface area contributed by atoms with E-state index in [1.807, 2.05) is 0 Å². The molecule has 0 fully saturated rings. The third-order valence-corrected chi connectivity index (χ3v) is 0.500. The zero-order valence-corrected chi connectivity index (χ0v) is 12.8. The van der Waals surface area contributed by atoms with Gasteiger partial charge in [0.15, 0.2) is 0 Å². The molecule has 0 aromatic heterocycles. The summed E-state index contributed by atoms with van der Waals surface area (Å²) in [7, 11) is -10.8. The molecule has 0 amide bonds. The van der Waals surface area contributed by atoms with Crippen molar-refractivity contribution < 1.29 is 41.1 Å². The van der Waals surface area contributed by atoms with Crippen LogP contribution in [-0.4, -0.2) is 47.9 Å². The van der Waals surface area contributed by atoms with Gasteiger partial charge in [-0.15, -0.1) is 0 Å². The van der Waals surface area contributed by atoms with Crippen LogP contribution >= 0.6 is 0 Å².